The minimum Gasteiger partial charge on any atom is -0.444 e. The molecule has 21 heavy (non-hydrogen) atoms. The molecule has 5 nitrogen and oxygen atoms in total. The van der Waals surface area contributed by atoms with E-state index in [9.17, 15) is 9.18 Å². The molecule has 0 aliphatic heterocycles. The van der Waals surface area contributed by atoms with Crippen molar-refractivity contribution in [2.45, 2.75) is 32.9 Å². The number of pyridine rings is 1. The molecule has 1 aromatic carbocycles. The van der Waals surface area contributed by atoms with Crippen LogP contribution in [0.5, 0.6) is 0 Å². The van der Waals surface area contributed by atoms with Gasteiger partial charge in [0.25, 0.3) is 0 Å². The first-order chi connectivity index (χ1) is 9.76. The second-order valence-corrected chi connectivity index (χ2v) is 5.72. The molecule has 0 aliphatic carbocycles. The van der Waals surface area contributed by atoms with Gasteiger partial charge in [0.15, 0.2) is 0 Å². The average molecular weight is 291 g/mol. The molecule has 0 saturated carbocycles. The van der Waals surface area contributed by atoms with E-state index in [1.165, 1.54) is 6.07 Å². The fourth-order valence-electron chi connectivity index (χ4n) is 1.88. The van der Waals surface area contributed by atoms with E-state index in [4.69, 9.17) is 10.5 Å². The molecule has 0 unspecified atom stereocenters. The molecule has 0 spiro atoms. The van der Waals surface area contributed by atoms with Gasteiger partial charge in [-0.15, -0.1) is 0 Å². The number of hydrogen-bond acceptors (Lipinski definition) is 4. The number of anilines is 1. The average Bonchev–Trinajstić information content (AvgIpc) is 2.35. The third-order valence-corrected chi connectivity index (χ3v) is 2.78. The Labute approximate surface area is 122 Å². The van der Waals surface area contributed by atoms with Gasteiger partial charge in [0.1, 0.15) is 17.2 Å². The molecule has 1 amide bonds. The molecule has 0 aliphatic rings. The zero-order valence-electron chi connectivity index (χ0n) is 12.2. The van der Waals surface area contributed by atoms with Crippen LogP contribution in [0.3, 0.4) is 0 Å². The Bertz CT molecular complexity index is 680. The zero-order valence-corrected chi connectivity index (χ0v) is 12.2. The van der Waals surface area contributed by atoms with Crippen LogP contribution in [0.4, 0.5) is 15.0 Å². The predicted molar refractivity (Wildman–Crippen MR) is 79.2 cm³/mol. The van der Waals surface area contributed by atoms with Crippen LogP contribution in [-0.2, 0) is 11.3 Å². The second-order valence-electron chi connectivity index (χ2n) is 5.72. The van der Waals surface area contributed by atoms with Crippen molar-refractivity contribution in [2.24, 2.45) is 0 Å². The van der Waals surface area contributed by atoms with Crippen LogP contribution in [0.1, 0.15) is 26.3 Å². The molecule has 0 saturated heterocycles. The van der Waals surface area contributed by atoms with Gasteiger partial charge in [0.2, 0.25) is 0 Å². The number of benzene rings is 1. The fourth-order valence-corrected chi connectivity index (χ4v) is 1.88. The molecule has 2 aromatic rings. The first-order valence-electron chi connectivity index (χ1n) is 6.56. The predicted octanol–water partition coefficient (Wildman–Crippen LogP) is 2.98. The number of nitrogen functional groups attached to an aromatic ring is 1. The minimum atomic E-state index is -0.591. The highest BCUT2D eigenvalue weighted by Gasteiger charge is 2.16. The number of ether oxygens (including phenoxy) is 1. The van der Waals surface area contributed by atoms with Gasteiger partial charge >= 0.3 is 6.09 Å². The third kappa shape index (κ3) is 3.81. The van der Waals surface area contributed by atoms with E-state index < -0.39 is 17.5 Å². The highest BCUT2D eigenvalue weighted by molar-refractivity contribution is 5.91. The smallest absolute Gasteiger partial charge is 0.407 e. The van der Waals surface area contributed by atoms with Crippen molar-refractivity contribution in [3.63, 3.8) is 0 Å². The number of nitrogens with one attached hydrogen (secondary N) is 1. The van der Waals surface area contributed by atoms with E-state index in [1.54, 1.807) is 39.1 Å². The van der Waals surface area contributed by atoms with E-state index in [0.717, 1.165) is 5.39 Å². The Kier molecular flexibility index (Phi) is 3.97. The van der Waals surface area contributed by atoms with Crippen LogP contribution in [0.15, 0.2) is 24.4 Å². The quantitative estimate of drug-likeness (QED) is 0.891. The van der Waals surface area contributed by atoms with E-state index in [1.807, 2.05) is 0 Å². The number of halogens is 1. The summed E-state index contributed by atoms with van der Waals surface area (Å²) in [6.07, 6.45) is 0.969. The Morgan fingerprint density at radius 2 is 2.14 bits per heavy atom. The number of carbonyl (C=O) groups excluding carboxylic acids is 1. The van der Waals surface area contributed by atoms with Crippen LogP contribution in [-0.4, -0.2) is 16.7 Å². The van der Waals surface area contributed by atoms with Crippen molar-refractivity contribution in [1.29, 1.82) is 0 Å². The molecule has 112 valence electrons. The van der Waals surface area contributed by atoms with Gasteiger partial charge in [-0.2, -0.15) is 0 Å². The molecular formula is C15H18FN3O2. The Morgan fingerprint density at radius 3 is 2.81 bits per heavy atom. The number of aromatic nitrogens is 1. The summed E-state index contributed by atoms with van der Waals surface area (Å²) in [4.78, 5) is 15.5. The van der Waals surface area contributed by atoms with Crippen molar-refractivity contribution < 1.29 is 13.9 Å². The highest BCUT2D eigenvalue weighted by Crippen LogP contribution is 2.22. The molecule has 2 rings (SSSR count). The lowest BCUT2D eigenvalue weighted by Crippen LogP contribution is -2.32. The molecular weight excluding hydrogens is 273 g/mol. The number of nitrogens with zero attached hydrogens (tertiary/aromatic N) is 1. The molecule has 1 aromatic heterocycles. The van der Waals surface area contributed by atoms with Gasteiger partial charge in [0, 0.05) is 23.7 Å². The normalized spacial score (nSPS) is 11.4. The SMILES string of the molecule is CC(C)(C)OC(=O)NCc1cc2ccnc(N)c2cc1F. The van der Waals surface area contributed by atoms with Gasteiger partial charge in [-0.3, -0.25) is 0 Å². The summed E-state index contributed by atoms with van der Waals surface area (Å²) >= 11 is 0. The molecule has 0 atom stereocenters. The fraction of sp³-hybridized carbons (Fsp3) is 0.333. The number of nitrogens with two attached hydrogens (primary N) is 1. The summed E-state index contributed by atoms with van der Waals surface area (Å²) in [5, 5.41) is 3.85. The van der Waals surface area contributed by atoms with E-state index in [0.29, 0.717) is 10.9 Å². The molecule has 0 bridgehead atoms. The van der Waals surface area contributed by atoms with Crippen molar-refractivity contribution in [3.8, 4) is 0 Å². The monoisotopic (exact) mass is 291 g/mol. The third-order valence-electron chi connectivity index (χ3n) is 2.78. The lowest BCUT2D eigenvalue weighted by molar-refractivity contribution is 0.0523. The lowest BCUT2D eigenvalue weighted by Gasteiger charge is -2.19. The summed E-state index contributed by atoms with van der Waals surface area (Å²) in [6.45, 7) is 5.33. The van der Waals surface area contributed by atoms with Gasteiger partial charge in [-0.05, 0) is 44.4 Å². The minimum absolute atomic E-state index is 0.0406. The van der Waals surface area contributed by atoms with Crippen molar-refractivity contribution in [1.82, 2.24) is 10.3 Å². The number of rotatable bonds is 2. The van der Waals surface area contributed by atoms with Crippen LogP contribution < -0.4 is 11.1 Å². The van der Waals surface area contributed by atoms with Crippen LogP contribution in [0, 0.1) is 5.82 Å². The Hall–Kier alpha value is -2.37. The van der Waals surface area contributed by atoms with Gasteiger partial charge in [-0.1, -0.05) is 0 Å². The van der Waals surface area contributed by atoms with Gasteiger partial charge in [-0.25, -0.2) is 14.2 Å². The second kappa shape index (κ2) is 5.55. The van der Waals surface area contributed by atoms with Crippen molar-refractivity contribution >= 4 is 22.7 Å². The maximum Gasteiger partial charge on any atom is 0.407 e. The standard InChI is InChI=1S/C15H18FN3O2/c1-15(2,3)21-14(20)19-8-10-6-9-4-5-18-13(17)11(9)7-12(10)16/h4-7H,8H2,1-3H3,(H2,17,18)(H,19,20). The van der Waals surface area contributed by atoms with E-state index in [-0.39, 0.29) is 12.4 Å². The topological polar surface area (TPSA) is 77.2 Å². The lowest BCUT2D eigenvalue weighted by atomic mass is 10.1. The zero-order chi connectivity index (χ0) is 15.6. The molecule has 6 heteroatoms. The van der Waals surface area contributed by atoms with Crippen LogP contribution in [0.25, 0.3) is 10.8 Å². The molecule has 3 N–H and O–H groups in total. The maximum atomic E-state index is 14.0. The maximum absolute atomic E-state index is 14.0. The summed E-state index contributed by atoms with van der Waals surface area (Å²) in [5.41, 5.74) is 5.47. The summed E-state index contributed by atoms with van der Waals surface area (Å²) in [7, 11) is 0. The molecule has 1 heterocycles. The van der Waals surface area contributed by atoms with Crippen molar-refractivity contribution in [2.75, 3.05) is 5.73 Å². The number of carbonyl (C=O) groups is 1. The van der Waals surface area contributed by atoms with E-state index in [2.05, 4.69) is 10.3 Å². The van der Waals surface area contributed by atoms with Gasteiger partial charge in [0.05, 0.1) is 0 Å². The van der Waals surface area contributed by atoms with Crippen LogP contribution in [0.2, 0.25) is 0 Å². The number of fused-ring (bicyclic) bond motifs is 1. The van der Waals surface area contributed by atoms with Crippen molar-refractivity contribution in [3.05, 3.63) is 35.8 Å². The number of amides is 1. The first kappa shape index (κ1) is 15.0. The number of hydrogen-bond donors (Lipinski definition) is 2. The summed E-state index contributed by atoms with van der Waals surface area (Å²) in [6, 6.07) is 4.70. The van der Waals surface area contributed by atoms with E-state index >= 15 is 0 Å². The number of alkyl carbamates (subject to hydrolysis) is 1. The Morgan fingerprint density at radius 1 is 1.43 bits per heavy atom. The molecule has 0 fully saturated rings. The first-order valence-corrected chi connectivity index (χ1v) is 6.56. The summed E-state index contributed by atoms with van der Waals surface area (Å²) in [5.74, 6) is -0.170. The Balaban J connectivity index is 2.16. The summed E-state index contributed by atoms with van der Waals surface area (Å²) < 4.78 is 19.1. The highest BCUT2D eigenvalue weighted by atomic mass is 19.1. The molecule has 0 radical (unpaired) electrons. The largest absolute Gasteiger partial charge is 0.444 e. The van der Waals surface area contributed by atoms with Crippen LogP contribution >= 0.6 is 0 Å². The van der Waals surface area contributed by atoms with Gasteiger partial charge < -0.3 is 15.8 Å².